The molecule has 128 valence electrons. The van der Waals surface area contributed by atoms with E-state index in [0.717, 1.165) is 12.1 Å². The Labute approximate surface area is 141 Å². The Bertz CT molecular complexity index is 868. The van der Waals surface area contributed by atoms with Crippen LogP contribution in [-0.4, -0.2) is 22.1 Å². The van der Waals surface area contributed by atoms with Gasteiger partial charge in [0.25, 0.3) is 0 Å². The summed E-state index contributed by atoms with van der Waals surface area (Å²) in [6.45, 7) is 0. The normalized spacial score (nSPS) is 11.2. The number of halogens is 3. The van der Waals surface area contributed by atoms with E-state index in [4.69, 9.17) is 9.47 Å². The second-order valence-corrected chi connectivity index (χ2v) is 4.93. The van der Waals surface area contributed by atoms with Crippen molar-refractivity contribution in [1.82, 2.24) is 15.0 Å². The van der Waals surface area contributed by atoms with Crippen LogP contribution in [0.25, 0.3) is 11.1 Å². The molecule has 0 saturated carbocycles. The van der Waals surface area contributed by atoms with Crippen LogP contribution in [-0.2, 0) is 6.18 Å². The Morgan fingerprint density at radius 1 is 0.920 bits per heavy atom. The SMILES string of the molecule is COc1ncccc1-c1cncnc1Oc1ccc(C(F)(F)F)cc1. The van der Waals surface area contributed by atoms with E-state index in [1.54, 1.807) is 18.3 Å². The zero-order valence-electron chi connectivity index (χ0n) is 13.0. The van der Waals surface area contributed by atoms with Gasteiger partial charge >= 0.3 is 6.18 Å². The lowest BCUT2D eigenvalue weighted by atomic mass is 10.1. The topological polar surface area (TPSA) is 57.1 Å². The van der Waals surface area contributed by atoms with E-state index >= 15 is 0 Å². The van der Waals surface area contributed by atoms with Crippen molar-refractivity contribution in [3.05, 3.63) is 60.7 Å². The molecule has 5 nitrogen and oxygen atoms in total. The predicted octanol–water partition coefficient (Wildman–Crippen LogP) is 4.36. The molecule has 0 unspecified atom stereocenters. The second kappa shape index (κ2) is 6.76. The van der Waals surface area contributed by atoms with Crippen LogP contribution in [0.2, 0.25) is 0 Å². The number of pyridine rings is 1. The summed E-state index contributed by atoms with van der Waals surface area (Å²) in [5, 5.41) is 0. The summed E-state index contributed by atoms with van der Waals surface area (Å²) in [6.07, 6.45) is -0.0259. The smallest absolute Gasteiger partial charge is 0.416 e. The van der Waals surface area contributed by atoms with Gasteiger partial charge in [-0.05, 0) is 36.4 Å². The van der Waals surface area contributed by atoms with E-state index in [2.05, 4.69) is 15.0 Å². The Balaban J connectivity index is 1.94. The molecule has 0 aliphatic rings. The number of hydrogen-bond acceptors (Lipinski definition) is 5. The molecule has 0 fully saturated rings. The quantitative estimate of drug-likeness (QED) is 0.702. The standard InChI is InChI=1S/C17H12F3N3O2/c1-24-15-13(3-2-8-22-15)14-9-21-10-23-16(14)25-12-6-4-11(5-7-12)17(18,19)20/h2-10H,1H3. The molecule has 3 rings (SSSR count). The van der Waals surface area contributed by atoms with Crippen LogP contribution in [0.15, 0.2) is 55.1 Å². The largest absolute Gasteiger partial charge is 0.481 e. The van der Waals surface area contributed by atoms with E-state index < -0.39 is 11.7 Å². The predicted molar refractivity (Wildman–Crippen MR) is 83.3 cm³/mol. The average Bonchev–Trinajstić information content (AvgIpc) is 2.62. The molecule has 25 heavy (non-hydrogen) atoms. The van der Waals surface area contributed by atoms with Crippen LogP contribution in [0.1, 0.15) is 5.56 Å². The van der Waals surface area contributed by atoms with Gasteiger partial charge in [-0.15, -0.1) is 0 Å². The highest BCUT2D eigenvalue weighted by molar-refractivity contribution is 5.72. The molecule has 0 aliphatic carbocycles. The van der Waals surface area contributed by atoms with Gasteiger partial charge in [-0.3, -0.25) is 0 Å². The number of alkyl halides is 3. The molecule has 0 bridgehead atoms. The van der Waals surface area contributed by atoms with E-state index in [1.165, 1.54) is 31.8 Å². The van der Waals surface area contributed by atoms with Crippen LogP contribution < -0.4 is 9.47 Å². The molecule has 2 aromatic heterocycles. The van der Waals surface area contributed by atoms with Crippen LogP contribution in [0, 0.1) is 0 Å². The number of benzene rings is 1. The summed E-state index contributed by atoms with van der Waals surface area (Å²) >= 11 is 0. The molecule has 0 amide bonds. The highest BCUT2D eigenvalue weighted by atomic mass is 19.4. The number of methoxy groups -OCH3 is 1. The first-order valence-electron chi connectivity index (χ1n) is 7.13. The number of aromatic nitrogens is 3. The summed E-state index contributed by atoms with van der Waals surface area (Å²) in [7, 11) is 1.48. The third-order valence-electron chi connectivity index (χ3n) is 3.33. The molecular formula is C17H12F3N3O2. The van der Waals surface area contributed by atoms with Crippen molar-refractivity contribution in [1.29, 1.82) is 0 Å². The minimum Gasteiger partial charge on any atom is -0.481 e. The van der Waals surface area contributed by atoms with Gasteiger partial charge in [-0.25, -0.2) is 15.0 Å². The molecule has 0 aliphatic heterocycles. The van der Waals surface area contributed by atoms with Crippen LogP contribution >= 0.6 is 0 Å². The summed E-state index contributed by atoms with van der Waals surface area (Å²) in [5.41, 5.74) is 0.358. The van der Waals surface area contributed by atoms with Gasteiger partial charge in [0.15, 0.2) is 0 Å². The number of rotatable bonds is 4. The molecular weight excluding hydrogens is 335 g/mol. The molecule has 1 aromatic carbocycles. The van der Waals surface area contributed by atoms with Crippen molar-refractivity contribution in [2.45, 2.75) is 6.18 Å². The Kier molecular flexibility index (Phi) is 4.51. The fourth-order valence-electron chi connectivity index (χ4n) is 2.17. The third kappa shape index (κ3) is 3.68. The van der Waals surface area contributed by atoms with Gasteiger partial charge in [0.2, 0.25) is 11.8 Å². The van der Waals surface area contributed by atoms with Gasteiger partial charge in [0.1, 0.15) is 12.1 Å². The first kappa shape index (κ1) is 16.7. The van der Waals surface area contributed by atoms with Crippen molar-refractivity contribution in [3.63, 3.8) is 0 Å². The van der Waals surface area contributed by atoms with Crippen LogP contribution in [0.5, 0.6) is 17.5 Å². The van der Waals surface area contributed by atoms with Gasteiger partial charge in [0, 0.05) is 12.4 Å². The lowest BCUT2D eigenvalue weighted by Gasteiger charge is -2.12. The van der Waals surface area contributed by atoms with E-state index in [9.17, 15) is 13.2 Å². The minimum absolute atomic E-state index is 0.182. The molecule has 0 atom stereocenters. The molecule has 8 heteroatoms. The second-order valence-electron chi connectivity index (χ2n) is 4.93. The van der Waals surface area contributed by atoms with E-state index in [0.29, 0.717) is 17.0 Å². The number of hydrogen-bond donors (Lipinski definition) is 0. The fraction of sp³-hybridized carbons (Fsp3) is 0.118. The fourth-order valence-corrected chi connectivity index (χ4v) is 2.17. The van der Waals surface area contributed by atoms with Gasteiger partial charge in [-0.1, -0.05) is 0 Å². The maximum absolute atomic E-state index is 12.6. The maximum atomic E-state index is 12.6. The first-order chi connectivity index (χ1) is 12.0. The first-order valence-corrected chi connectivity index (χ1v) is 7.13. The molecule has 3 aromatic rings. The third-order valence-corrected chi connectivity index (χ3v) is 3.33. The summed E-state index contributed by atoms with van der Waals surface area (Å²) in [5.74, 6) is 0.756. The Hall–Kier alpha value is -3.16. The maximum Gasteiger partial charge on any atom is 0.416 e. The van der Waals surface area contributed by atoms with Gasteiger partial charge < -0.3 is 9.47 Å². The van der Waals surface area contributed by atoms with Crippen molar-refractivity contribution >= 4 is 0 Å². The van der Waals surface area contributed by atoms with Crippen molar-refractivity contribution < 1.29 is 22.6 Å². The molecule has 0 radical (unpaired) electrons. The van der Waals surface area contributed by atoms with E-state index in [1.807, 2.05) is 0 Å². The monoisotopic (exact) mass is 347 g/mol. The molecule has 0 saturated heterocycles. The molecule has 0 spiro atoms. The zero-order chi connectivity index (χ0) is 17.9. The van der Waals surface area contributed by atoms with Crippen LogP contribution in [0.3, 0.4) is 0 Å². The molecule has 0 N–H and O–H groups in total. The van der Waals surface area contributed by atoms with Crippen molar-refractivity contribution in [3.8, 4) is 28.6 Å². The zero-order valence-corrected chi connectivity index (χ0v) is 13.0. The lowest BCUT2D eigenvalue weighted by molar-refractivity contribution is -0.137. The Morgan fingerprint density at radius 2 is 1.68 bits per heavy atom. The van der Waals surface area contributed by atoms with Crippen LogP contribution in [0.4, 0.5) is 13.2 Å². The summed E-state index contributed by atoms with van der Waals surface area (Å²) in [4.78, 5) is 12.1. The van der Waals surface area contributed by atoms with Crippen molar-refractivity contribution in [2.24, 2.45) is 0 Å². The minimum atomic E-state index is -4.40. The van der Waals surface area contributed by atoms with Gasteiger partial charge in [0.05, 0.1) is 23.8 Å². The molecule has 2 heterocycles. The lowest BCUT2D eigenvalue weighted by Crippen LogP contribution is -2.04. The van der Waals surface area contributed by atoms with E-state index in [-0.39, 0.29) is 11.6 Å². The Morgan fingerprint density at radius 3 is 2.36 bits per heavy atom. The highest BCUT2D eigenvalue weighted by Crippen LogP contribution is 2.36. The average molecular weight is 347 g/mol. The van der Waals surface area contributed by atoms with Gasteiger partial charge in [-0.2, -0.15) is 13.2 Å². The number of nitrogens with zero attached hydrogens (tertiary/aromatic N) is 3. The number of ether oxygens (including phenoxy) is 2. The highest BCUT2D eigenvalue weighted by Gasteiger charge is 2.30. The summed E-state index contributed by atoms with van der Waals surface area (Å²) in [6, 6.07) is 7.82. The van der Waals surface area contributed by atoms with Crippen molar-refractivity contribution in [2.75, 3.05) is 7.11 Å². The summed E-state index contributed by atoms with van der Waals surface area (Å²) < 4.78 is 48.7.